The molecule has 6 nitrogen and oxygen atoms in total. The monoisotopic (exact) mass is 773 g/mol. The summed E-state index contributed by atoms with van der Waals surface area (Å²) >= 11 is 0. The Kier molecular flexibility index (Phi) is 42.4. The molecule has 0 heterocycles. The number of ether oxygens (including phenoxy) is 3. The first-order valence-electron chi connectivity index (χ1n) is 23.5. The smallest absolute Gasteiger partial charge is 0.306 e. The number of esters is 3. The summed E-state index contributed by atoms with van der Waals surface area (Å²) in [4.78, 5) is 37.5. The quantitative estimate of drug-likeness (QED) is 0.0266. The van der Waals surface area contributed by atoms with Crippen LogP contribution in [0.2, 0.25) is 0 Å². The van der Waals surface area contributed by atoms with Crippen molar-refractivity contribution in [3.63, 3.8) is 0 Å². The van der Waals surface area contributed by atoms with Gasteiger partial charge in [0.25, 0.3) is 0 Å². The first-order valence-corrected chi connectivity index (χ1v) is 23.5. The normalized spacial score (nSPS) is 12.3. The molecule has 0 N–H and O–H groups in total. The average Bonchev–Trinajstić information content (AvgIpc) is 3.18. The second-order valence-electron chi connectivity index (χ2n) is 15.7. The van der Waals surface area contributed by atoms with Crippen molar-refractivity contribution in [3.05, 3.63) is 36.5 Å². The van der Waals surface area contributed by atoms with Gasteiger partial charge in [0.05, 0.1) is 0 Å². The van der Waals surface area contributed by atoms with Crippen LogP contribution < -0.4 is 0 Å². The lowest BCUT2D eigenvalue weighted by atomic mass is 10.0. The van der Waals surface area contributed by atoms with Gasteiger partial charge in [-0.2, -0.15) is 0 Å². The molecule has 0 saturated heterocycles. The van der Waals surface area contributed by atoms with E-state index in [-0.39, 0.29) is 31.1 Å². The van der Waals surface area contributed by atoms with Gasteiger partial charge >= 0.3 is 17.9 Å². The number of carbonyl (C=O) groups excluding carboxylic acids is 3. The summed E-state index contributed by atoms with van der Waals surface area (Å²) in [5.41, 5.74) is 0. The third kappa shape index (κ3) is 42.6. The summed E-state index contributed by atoms with van der Waals surface area (Å²) in [6, 6.07) is 0. The molecule has 0 saturated carbocycles. The molecule has 0 fully saturated rings. The standard InChI is InChI=1S/C49H88O6/c1-4-7-10-13-15-17-19-21-22-23-24-25-26-28-29-31-33-36-39-42-48(51)54-45-46(44-53-47(50)41-38-35-12-9-6-3)55-49(52)43-40-37-34-32-30-27-20-18-16-14-11-8-5-2/h15,17,21-22,24-25,46H,4-14,16,18-20,23,26-45H2,1-3H3/b17-15-,22-21-,25-24-. The highest BCUT2D eigenvalue weighted by atomic mass is 16.6. The minimum atomic E-state index is -0.769. The van der Waals surface area contributed by atoms with E-state index in [1.165, 1.54) is 116 Å². The maximum atomic E-state index is 12.7. The number of hydrogen-bond acceptors (Lipinski definition) is 6. The second kappa shape index (κ2) is 44.3. The zero-order chi connectivity index (χ0) is 40.1. The van der Waals surface area contributed by atoms with E-state index in [4.69, 9.17) is 14.2 Å². The van der Waals surface area contributed by atoms with Crippen LogP contribution in [-0.4, -0.2) is 37.2 Å². The Balaban J connectivity index is 4.20. The zero-order valence-electron chi connectivity index (χ0n) is 36.4. The van der Waals surface area contributed by atoms with E-state index in [0.717, 1.165) is 83.5 Å². The lowest BCUT2D eigenvalue weighted by Crippen LogP contribution is -2.30. The number of allylic oxidation sites excluding steroid dienone is 6. The summed E-state index contributed by atoms with van der Waals surface area (Å²) in [5.74, 6) is -0.897. The topological polar surface area (TPSA) is 78.9 Å². The number of rotatable bonds is 42. The maximum absolute atomic E-state index is 12.7. The molecule has 0 aromatic rings. The van der Waals surface area contributed by atoms with Gasteiger partial charge in [-0.1, -0.05) is 198 Å². The molecular formula is C49H88O6. The van der Waals surface area contributed by atoms with Crippen LogP contribution >= 0.6 is 0 Å². The van der Waals surface area contributed by atoms with Crippen LogP contribution in [-0.2, 0) is 28.6 Å². The molecule has 1 unspecified atom stereocenters. The Bertz CT molecular complexity index is 938. The fourth-order valence-electron chi connectivity index (χ4n) is 6.57. The Morgan fingerprint density at radius 2 is 0.655 bits per heavy atom. The summed E-state index contributed by atoms with van der Waals surface area (Å²) in [6.45, 7) is 6.52. The predicted octanol–water partition coefficient (Wildman–Crippen LogP) is 15.0. The first kappa shape index (κ1) is 52.6. The molecular weight excluding hydrogens is 685 g/mol. The summed E-state index contributed by atoms with van der Waals surface area (Å²) in [7, 11) is 0. The van der Waals surface area contributed by atoms with Gasteiger partial charge < -0.3 is 14.2 Å². The molecule has 55 heavy (non-hydrogen) atoms. The minimum absolute atomic E-state index is 0.0752. The molecule has 0 rings (SSSR count). The summed E-state index contributed by atoms with van der Waals surface area (Å²) < 4.78 is 16.6. The number of unbranched alkanes of at least 4 members (excludes halogenated alkanes) is 25. The van der Waals surface area contributed by atoms with Gasteiger partial charge in [0.2, 0.25) is 0 Å². The molecule has 1 atom stereocenters. The zero-order valence-corrected chi connectivity index (χ0v) is 36.4. The highest BCUT2D eigenvalue weighted by Gasteiger charge is 2.19. The van der Waals surface area contributed by atoms with Crippen molar-refractivity contribution in [3.8, 4) is 0 Å². The molecule has 0 aromatic heterocycles. The lowest BCUT2D eigenvalue weighted by Gasteiger charge is -2.18. The van der Waals surface area contributed by atoms with Crippen LogP contribution in [0.25, 0.3) is 0 Å². The van der Waals surface area contributed by atoms with Crippen molar-refractivity contribution < 1.29 is 28.6 Å². The van der Waals surface area contributed by atoms with Crippen molar-refractivity contribution in [2.75, 3.05) is 13.2 Å². The Morgan fingerprint density at radius 3 is 1.05 bits per heavy atom. The third-order valence-corrected chi connectivity index (χ3v) is 10.1. The van der Waals surface area contributed by atoms with Crippen molar-refractivity contribution >= 4 is 17.9 Å². The van der Waals surface area contributed by atoms with Crippen molar-refractivity contribution in [1.82, 2.24) is 0 Å². The van der Waals surface area contributed by atoms with E-state index in [0.29, 0.717) is 19.3 Å². The highest BCUT2D eigenvalue weighted by molar-refractivity contribution is 5.71. The van der Waals surface area contributed by atoms with Gasteiger partial charge in [-0.25, -0.2) is 0 Å². The molecule has 0 spiro atoms. The van der Waals surface area contributed by atoms with E-state index in [1.54, 1.807) is 0 Å². The molecule has 320 valence electrons. The fourth-order valence-corrected chi connectivity index (χ4v) is 6.57. The third-order valence-electron chi connectivity index (χ3n) is 10.1. The number of hydrogen-bond donors (Lipinski definition) is 0. The Morgan fingerprint density at radius 1 is 0.364 bits per heavy atom. The molecule has 0 aliphatic carbocycles. The molecule has 0 aliphatic heterocycles. The van der Waals surface area contributed by atoms with Gasteiger partial charge in [-0.15, -0.1) is 0 Å². The predicted molar refractivity (Wildman–Crippen MR) is 233 cm³/mol. The average molecular weight is 773 g/mol. The summed E-state index contributed by atoms with van der Waals surface area (Å²) in [5, 5.41) is 0. The molecule has 0 aromatic carbocycles. The van der Waals surface area contributed by atoms with Gasteiger partial charge in [-0.05, 0) is 57.8 Å². The van der Waals surface area contributed by atoms with Crippen LogP contribution in [0.1, 0.15) is 239 Å². The summed E-state index contributed by atoms with van der Waals surface area (Å²) in [6.07, 6.45) is 50.1. The van der Waals surface area contributed by atoms with E-state index >= 15 is 0 Å². The molecule has 6 heteroatoms. The van der Waals surface area contributed by atoms with Crippen LogP contribution in [0.15, 0.2) is 36.5 Å². The Labute approximate surface area is 340 Å². The Hall–Kier alpha value is -2.37. The van der Waals surface area contributed by atoms with E-state index in [1.807, 2.05) is 0 Å². The van der Waals surface area contributed by atoms with Crippen molar-refractivity contribution in [2.45, 2.75) is 245 Å². The van der Waals surface area contributed by atoms with Crippen molar-refractivity contribution in [1.29, 1.82) is 0 Å². The molecule has 0 amide bonds. The van der Waals surface area contributed by atoms with Crippen molar-refractivity contribution in [2.24, 2.45) is 0 Å². The molecule has 0 aliphatic rings. The molecule has 0 radical (unpaired) electrons. The number of carbonyl (C=O) groups is 3. The van der Waals surface area contributed by atoms with Crippen LogP contribution in [0.3, 0.4) is 0 Å². The molecule has 0 bridgehead atoms. The maximum Gasteiger partial charge on any atom is 0.306 e. The minimum Gasteiger partial charge on any atom is -0.462 e. The fraction of sp³-hybridized carbons (Fsp3) is 0.816. The van der Waals surface area contributed by atoms with E-state index < -0.39 is 6.10 Å². The van der Waals surface area contributed by atoms with E-state index in [9.17, 15) is 14.4 Å². The SMILES string of the molecule is CCCCC/C=C\C/C=C\C/C=C\CCCCCCCCC(=O)OCC(COC(=O)CCCCCCC)OC(=O)CCCCCCCCCCCCCCC. The van der Waals surface area contributed by atoms with Crippen LogP contribution in [0, 0.1) is 0 Å². The lowest BCUT2D eigenvalue weighted by molar-refractivity contribution is -0.167. The van der Waals surface area contributed by atoms with Gasteiger partial charge in [0, 0.05) is 19.3 Å². The van der Waals surface area contributed by atoms with Gasteiger partial charge in [0.1, 0.15) is 13.2 Å². The first-order chi connectivity index (χ1) is 27.0. The van der Waals surface area contributed by atoms with E-state index in [2.05, 4.69) is 57.2 Å². The second-order valence-corrected chi connectivity index (χ2v) is 15.7. The van der Waals surface area contributed by atoms with Crippen LogP contribution in [0.4, 0.5) is 0 Å². The highest BCUT2D eigenvalue weighted by Crippen LogP contribution is 2.15. The van der Waals surface area contributed by atoms with Crippen LogP contribution in [0.5, 0.6) is 0 Å². The van der Waals surface area contributed by atoms with Gasteiger partial charge in [0.15, 0.2) is 6.10 Å². The largest absolute Gasteiger partial charge is 0.462 e. The van der Waals surface area contributed by atoms with Gasteiger partial charge in [-0.3, -0.25) is 14.4 Å².